The molecule has 0 aromatic carbocycles. The summed E-state index contributed by atoms with van der Waals surface area (Å²) in [4.78, 5) is 26.6. The van der Waals surface area contributed by atoms with E-state index in [1.807, 2.05) is 25.7 Å². The molecule has 2 aliphatic rings. The number of aromatic nitrogens is 2. The van der Waals surface area contributed by atoms with Crippen molar-refractivity contribution in [1.82, 2.24) is 14.5 Å². The third-order valence-electron chi connectivity index (χ3n) is 3.90. The Morgan fingerprint density at radius 3 is 2.92 bits per heavy atom. The van der Waals surface area contributed by atoms with Crippen molar-refractivity contribution in [3.05, 3.63) is 17.2 Å². The highest BCUT2D eigenvalue weighted by atomic mass is 32.2. The van der Waals surface area contributed by atoms with Crippen LogP contribution in [0.2, 0.25) is 19.6 Å². The lowest BCUT2D eigenvalue weighted by Gasteiger charge is -2.52. The number of thioether (sulfide) groups is 1. The molecular formula is C14H20N4O3S2Si. The van der Waals surface area contributed by atoms with Gasteiger partial charge in [0.2, 0.25) is 14.2 Å². The zero-order valence-corrected chi connectivity index (χ0v) is 16.4. The van der Waals surface area contributed by atoms with Crippen molar-refractivity contribution in [2.24, 2.45) is 11.1 Å². The van der Waals surface area contributed by atoms with E-state index in [9.17, 15) is 9.59 Å². The molecule has 0 bridgehead atoms. The van der Waals surface area contributed by atoms with Gasteiger partial charge in [0.15, 0.2) is 0 Å². The zero-order valence-electron chi connectivity index (χ0n) is 13.8. The first kappa shape index (κ1) is 17.6. The van der Waals surface area contributed by atoms with Gasteiger partial charge in [0.05, 0.1) is 5.69 Å². The van der Waals surface area contributed by atoms with Gasteiger partial charge in [0, 0.05) is 17.7 Å². The Hall–Kier alpha value is -1.23. The first-order valence-corrected chi connectivity index (χ1v) is 12.9. The van der Waals surface area contributed by atoms with Crippen LogP contribution in [0.15, 0.2) is 11.5 Å². The molecular weight excluding hydrogens is 364 g/mol. The highest BCUT2D eigenvalue weighted by Crippen LogP contribution is 2.43. The topological polar surface area (TPSA) is 98.4 Å². The zero-order chi connectivity index (χ0) is 17.5. The van der Waals surface area contributed by atoms with Gasteiger partial charge in [-0.1, -0.05) is 10.6 Å². The number of hydrogen-bond donors (Lipinski definition) is 1. The van der Waals surface area contributed by atoms with Crippen molar-refractivity contribution in [3.63, 3.8) is 0 Å². The Morgan fingerprint density at radius 2 is 2.29 bits per heavy atom. The third kappa shape index (κ3) is 3.28. The first-order chi connectivity index (χ1) is 11.2. The molecule has 0 aliphatic carbocycles. The second-order valence-corrected chi connectivity index (χ2v) is 13.2. The van der Waals surface area contributed by atoms with Crippen LogP contribution >= 0.6 is 23.3 Å². The fourth-order valence-electron chi connectivity index (χ4n) is 2.66. The molecule has 1 amide bonds. The predicted octanol–water partition coefficient (Wildman–Crippen LogP) is 1.16. The summed E-state index contributed by atoms with van der Waals surface area (Å²) in [6, 6.07) is -0.465. The molecule has 24 heavy (non-hydrogen) atoms. The average Bonchev–Trinajstić information content (AvgIpc) is 3.03. The molecule has 2 unspecified atom stereocenters. The molecule has 0 radical (unpaired) electrons. The smallest absolute Gasteiger partial charge is 0.305 e. The van der Waals surface area contributed by atoms with Crippen LogP contribution < -0.4 is 5.73 Å². The lowest BCUT2D eigenvalue weighted by atomic mass is 9.86. The second-order valence-electron chi connectivity index (χ2n) is 7.01. The normalized spacial score (nSPS) is 30.2. The molecule has 0 saturated carbocycles. The summed E-state index contributed by atoms with van der Waals surface area (Å²) in [5.41, 5.74) is 5.66. The van der Waals surface area contributed by atoms with E-state index in [1.165, 1.54) is 23.3 Å². The molecule has 10 heteroatoms. The summed E-state index contributed by atoms with van der Waals surface area (Å²) < 4.78 is 9.57. The molecule has 3 rings (SSSR count). The van der Waals surface area contributed by atoms with Crippen molar-refractivity contribution in [2.45, 2.75) is 31.1 Å². The molecule has 3 atom stereocenters. The number of carbonyl (C=O) groups excluding carboxylic acids is 2. The molecule has 7 nitrogen and oxygen atoms in total. The number of carbonyl (C=O) groups is 2. The maximum Gasteiger partial charge on any atom is 0.305 e. The van der Waals surface area contributed by atoms with E-state index in [2.05, 4.69) is 9.59 Å². The van der Waals surface area contributed by atoms with Crippen LogP contribution in [0.25, 0.3) is 6.08 Å². The van der Waals surface area contributed by atoms with Crippen LogP contribution in [0.1, 0.15) is 5.69 Å². The van der Waals surface area contributed by atoms with Crippen molar-refractivity contribution < 1.29 is 14.0 Å². The van der Waals surface area contributed by atoms with E-state index in [1.54, 1.807) is 16.4 Å². The van der Waals surface area contributed by atoms with Crippen molar-refractivity contribution >= 4 is 49.6 Å². The van der Waals surface area contributed by atoms with Crippen molar-refractivity contribution in [2.75, 3.05) is 12.3 Å². The number of rotatable bonds is 4. The summed E-state index contributed by atoms with van der Waals surface area (Å²) in [6.45, 7) is 6.21. The Labute approximate surface area is 149 Å². The molecule has 2 aliphatic heterocycles. The minimum Gasteiger partial charge on any atom is -0.519 e. The summed E-state index contributed by atoms with van der Waals surface area (Å²) in [5, 5.41) is 5.73. The van der Waals surface area contributed by atoms with E-state index in [-0.39, 0.29) is 17.3 Å². The van der Waals surface area contributed by atoms with E-state index >= 15 is 0 Å². The van der Waals surface area contributed by atoms with Gasteiger partial charge in [-0.3, -0.25) is 9.59 Å². The van der Waals surface area contributed by atoms with Gasteiger partial charge in [-0.25, -0.2) is 0 Å². The second kappa shape index (κ2) is 6.25. The van der Waals surface area contributed by atoms with Gasteiger partial charge in [-0.2, -0.15) is 0 Å². The minimum atomic E-state index is -2.04. The number of nitrogens with two attached hydrogens (primary N) is 1. The Kier molecular flexibility index (Phi) is 4.58. The lowest BCUT2D eigenvalue weighted by molar-refractivity contribution is -0.152. The third-order valence-corrected chi connectivity index (χ3v) is 6.79. The van der Waals surface area contributed by atoms with Gasteiger partial charge in [0.25, 0.3) is 0 Å². The van der Waals surface area contributed by atoms with Crippen LogP contribution in [-0.4, -0.2) is 58.4 Å². The van der Waals surface area contributed by atoms with E-state index < -0.39 is 19.8 Å². The molecule has 1 aromatic heterocycles. The van der Waals surface area contributed by atoms with Gasteiger partial charge in [-0.15, -0.1) is 16.9 Å². The summed E-state index contributed by atoms with van der Waals surface area (Å²) in [5.74, 6) is 0.147. The summed E-state index contributed by atoms with van der Waals surface area (Å²) in [7, 11) is -2.04. The number of amides is 1. The van der Waals surface area contributed by atoms with Gasteiger partial charge in [-0.05, 0) is 37.2 Å². The Bertz CT molecular complexity index is 676. The van der Waals surface area contributed by atoms with Crippen LogP contribution in [-0.2, 0) is 14.0 Å². The van der Waals surface area contributed by atoms with Crippen molar-refractivity contribution in [1.29, 1.82) is 0 Å². The highest BCUT2D eigenvalue weighted by molar-refractivity contribution is 8.00. The number of β-lactam (4-membered cyclic amide) rings is 1. The van der Waals surface area contributed by atoms with Crippen LogP contribution in [0.3, 0.4) is 0 Å². The molecule has 130 valence electrons. The molecule has 1 aromatic rings. The van der Waals surface area contributed by atoms with E-state index in [4.69, 9.17) is 10.2 Å². The molecule has 3 heterocycles. The summed E-state index contributed by atoms with van der Waals surface area (Å²) in [6.07, 6.45) is 3.59. The number of hydrogen-bond acceptors (Lipinski definition) is 8. The first-order valence-electron chi connectivity index (χ1n) is 7.59. The minimum absolute atomic E-state index is 0.0420. The summed E-state index contributed by atoms with van der Waals surface area (Å²) >= 11 is 2.78. The maximum absolute atomic E-state index is 12.9. The van der Waals surface area contributed by atoms with Crippen molar-refractivity contribution in [3.8, 4) is 0 Å². The average molecular weight is 385 g/mol. The van der Waals surface area contributed by atoms with Gasteiger partial charge < -0.3 is 15.1 Å². The van der Waals surface area contributed by atoms with Gasteiger partial charge >= 0.3 is 5.97 Å². The standard InChI is InChI=1S/C14H20N4O3S2Si/c1-24(2,3)21-13(20)14(5-4-9-6-23-17-16-9)7-18-11(19)10(15)12(18)22-8-14/h4-6,10,12H,7-8,15H2,1-3H3/t10?,12-,14?/m1/s1. The number of nitrogens with zero attached hydrogens (tertiary/aromatic N) is 3. The largest absolute Gasteiger partial charge is 0.519 e. The van der Waals surface area contributed by atoms with Crippen LogP contribution in [0, 0.1) is 5.41 Å². The predicted molar refractivity (Wildman–Crippen MR) is 96.7 cm³/mol. The molecule has 2 saturated heterocycles. The van der Waals surface area contributed by atoms with Crippen LogP contribution in [0.4, 0.5) is 0 Å². The maximum atomic E-state index is 12.9. The van der Waals surface area contributed by atoms with E-state index in [0.717, 1.165) is 0 Å². The quantitative estimate of drug-likeness (QED) is 0.614. The molecule has 0 spiro atoms. The van der Waals surface area contributed by atoms with Gasteiger partial charge in [0.1, 0.15) is 16.8 Å². The molecule has 2 N–H and O–H groups in total. The van der Waals surface area contributed by atoms with Crippen LogP contribution in [0.5, 0.6) is 0 Å². The SMILES string of the molecule is C[Si](C)(C)OC(=O)C1(C=Cc2csnn2)CS[C@@H]2C(N)C(=O)N2C1. The fourth-order valence-corrected chi connectivity index (χ4v) is 5.29. The lowest BCUT2D eigenvalue weighted by Crippen LogP contribution is -2.72. The molecule has 2 fully saturated rings. The fraction of sp³-hybridized carbons (Fsp3) is 0.571. The Morgan fingerprint density at radius 1 is 1.54 bits per heavy atom. The Balaban J connectivity index is 1.87. The monoisotopic (exact) mass is 384 g/mol. The highest BCUT2D eigenvalue weighted by Gasteiger charge is 2.55. The van der Waals surface area contributed by atoms with E-state index in [0.29, 0.717) is 18.0 Å². The number of fused-ring (bicyclic) bond motifs is 1.